The SMILES string of the molecule is COc1ccc(CCNC(=O)C2CCN(S(=O)(=O)c3cn(C)nc3C)CC2)cc1. The van der Waals surface area contributed by atoms with Gasteiger partial charge >= 0.3 is 0 Å². The molecule has 1 N–H and O–H groups in total. The van der Waals surface area contributed by atoms with Crippen molar-refractivity contribution in [1.82, 2.24) is 19.4 Å². The third kappa shape index (κ3) is 4.97. The van der Waals surface area contributed by atoms with Crippen molar-refractivity contribution in [2.45, 2.75) is 31.1 Å². The zero-order chi connectivity index (χ0) is 21.0. The summed E-state index contributed by atoms with van der Waals surface area (Å²) in [4.78, 5) is 12.7. The molecule has 0 unspecified atom stereocenters. The number of ether oxygens (including phenoxy) is 1. The largest absolute Gasteiger partial charge is 0.497 e. The fraction of sp³-hybridized carbons (Fsp3) is 0.500. The zero-order valence-electron chi connectivity index (χ0n) is 17.1. The second-order valence-electron chi connectivity index (χ2n) is 7.32. The van der Waals surface area contributed by atoms with E-state index in [1.807, 2.05) is 24.3 Å². The number of carbonyl (C=O) groups is 1. The van der Waals surface area contributed by atoms with Gasteiger partial charge in [-0.1, -0.05) is 12.1 Å². The summed E-state index contributed by atoms with van der Waals surface area (Å²) in [5.41, 5.74) is 1.62. The first-order chi connectivity index (χ1) is 13.8. The molecule has 0 atom stereocenters. The third-order valence-electron chi connectivity index (χ3n) is 5.28. The number of piperidine rings is 1. The quantitative estimate of drug-likeness (QED) is 0.733. The Bertz CT molecular complexity index is 945. The average molecular weight is 421 g/mol. The van der Waals surface area contributed by atoms with Gasteiger partial charge in [0.05, 0.1) is 12.8 Å². The van der Waals surface area contributed by atoms with E-state index in [-0.39, 0.29) is 16.7 Å². The van der Waals surface area contributed by atoms with Crippen LogP contribution in [-0.4, -0.2) is 55.2 Å². The molecule has 0 spiro atoms. The van der Waals surface area contributed by atoms with Gasteiger partial charge in [0, 0.05) is 38.8 Å². The average Bonchev–Trinajstić information content (AvgIpc) is 3.07. The normalized spacial score (nSPS) is 16.0. The lowest BCUT2D eigenvalue weighted by molar-refractivity contribution is -0.126. The molecule has 2 aromatic rings. The fourth-order valence-corrected chi connectivity index (χ4v) is 5.26. The molecule has 1 amide bonds. The van der Waals surface area contributed by atoms with Gasteiger partial charge in [-0.2, -0.15) is 9.40 Å². The van der Waals surface area contributed by atoms with Crippen molar-refractivity contribution in [3.05, 3.63) is 41.7 Å². The second-order valence-corrected chi connectivity index (χ2v) is 9.23. The summed E-state index contributed by atoms with van der Waals surface area (Å²) in [5.74, 6) is 0.640. The summed E-state index contributed by atoms with van der Waals surface area (Å²) < 4.78 is 33.8. The van der Waals surface area contributed by atoms with Crippen molar-refractivity contribution in [3.8, 4) is 5.75 Å². The molecule has 1 aromatic carbocycles. The molecule has 1 fully saturated rings. The molecule has 158 valence electrons. The van der Waals surface area contributed by atoms with Crippen LogP contribution >= 0.6 is 0 Å². The number of rotatable bonds is 7. The van der Waals surface area contributed by atoms with Gasteiger partial charge in [0.1, 0.15) is 10.6 Å². The van der Waals surface area contributed by atoms with Crippen LogP contribution in [-0.2, 0) is 28.3 Å². The van der Waals surface area contributed by atoms with Crippen molar-refractivity contribution in [3.63, 3.8) is 0 Å². The molecule has 29 heavy (non-hydrogen) atoms. The number of aryl methyl sites for hydroxylation is 2. The van der Waals surface area contributed by atoms with E-state index in [9.17, 15) is 13.2 Å². The summed E-state index contributed by atoms with van der Waals surface area (Å²) in [6, 6.07) is 7.76. The summed E-state index contributed by atoms with van der Waals surface area (Å²) >= 11 is 0. The minimum absolute atomic E-state index is 0.00637. The molecule has 1 aromatic heterocycles. The molecule has 0 radical (unpaired) electrons. The van der Waals surface area contributed by atoms with Gasteiger partial charge in [-0.05, 0) is 43.9 Å². The van der Waals surface area contributed by atoms with Crippen molar-refractivity contribution in [2.75, 3.05) is 26.7 Å². The number of sulfonamides is 1. The Labute approximate surface area is 171 Å². The minimum Gasteiger partial charge on any atom is -0.497 e. The Kier molecular flexibility index (Phi) is 6.59. The van der Waals surface area contributed by atoms with Crippen LogP contribution in [0.5, 0.6) is 5.75 Å². The second kappa shape index (κ2) is 8.96. The molecule has 0 bridgehead atoms. The van der Waals surface area contributed by atoms with Crippen LogP contribution < -0.4 is 10.1 Å². The Morgan fingerprint density at radius 2 is 1.90 bits per heavy atom. The van der Waals surface area contributed by atoms with Crippen molar-refractivity contribution in [1.29, 1.82) is 0 Å². The van der Waals surface area contributed by atoms with Gasteiger partial charge in [-0.25, -0.2) is 8.42 Å². The van der Waals surface area contributed by atoms with Gasteiger partial charge in [-0.3, -0.25) is 9.48 Å². The lowest BCUT2D eigenvalue weighted by Crippen LogP contribution is -2.43. The maximum absolute atomic E-state index is 12.8. The van der Waals surface area contributed by atoms with Crippen LogP contribution in [0.15, 0.2) is 35.4 Å². The molecule has 3 rings (SSSR count). The van der Waals surface area contributed by atoms with E-state index in [0.717, 1.165) is 17.7 Å². The summed E-state index contributed by atoms with van der Waals surface area (Å²) in [6.07, 6.45) is 3.31. The van der Waals surface area contributed by atoms with E-state index < -0.39 is 10.0 Å². The molecule has 0 saturated carbocycles. The van der Waals surface area contributed by atoms with Gasteiger partial charge < -0.3 is 10.1 Å². The topological polar surface area (TPSA) is 93.5 Å². The van der Waals surface area contributed by atoms with Crippen molar-refractivity contribution in [2.24, 2.45) is 13.0 Å². The van der Waals surface area contributed by atoms with Crippen LogP contribution in [0.1, 0.15) is 24.1 Å². The van der Waals surface area contributed by atoms with Gasteiger partial charge in [0.15, 0.2) is 0 Å². The highest BCUT2D eigenvalue weighted by Gasteiger charge is 2.33. The molecule has 0 aliphatic carbocycles. The molecule has 1 saturated heterocycles. The lowest BCUT2D eigenvalue weighted by Gasteiger charge is -2.30. The predicted molar refractivity (Wildman–Crippen MR) is 109 cm³/mol. The van der Waals surface area contributed by atoms with Gasteiger partial charge in [0.25, 0.3) is 0 Å². The Hall–Kier alpha value is -2.39. The Morgan fingerprint density at radius 3 is 2.45 bits per heavy atom. The molecule has 8 nitrogen and oxygen atoms in total. The highest BCUT2D eigenvalue weighted by molar-refractivity contribution is 7.89. The highest BCUT2D eigenvalue weighted by Crippen LogP contribution is 2.25. The molecule has 1 aliphatic rings. The van der Waals surface area contributed by atoms with Crippen LogP contribution in [0.3, 0.4) is 0 Å². The first kappa shape index (κ1) is 21.3. The number of benzene rings is 1. The van der Waals surface area contributed by atoms with Crippen LogP contribution in [0.2, 0.25) is 0 Å². The van der Waals surface area contributed by atoms with Crippen LogP contribution in [0.25, 0.3) is 0 Å². The predicted octanol–water partition coefficient (Wildman–Crippen LogP) is 1.50. The van der Waals surface area contributed by atoms with E-state index in [2.05, 4.69) is 10.4 Å². The maximum Gasteiger partial charge on any atom is 0.246 e. The van der Waals surface area contributed by atoms with E-state index in [0.29, 0.717) is 38.2 Å². The number of amides is 1. The van der Waals surface area contributed by atoms with Crippen LogP contribution in [0.4, 0.5) is 0 Å². The number of methoxy groups -OCH3 is 1. The standard InChI is InChI=1S/C20H28N4O4S/c1-15-19(14-23(2)22-15)29(26,27)24-12-9-17(10-13-24)20(25)21-11-8-16-4-6-18(28-3)7-5-16/h4-7,14,17H,8-13H2,1-3H3,(H,21,25). The Morgan fingerprint density at radius 1 is 1.24 bits per heavy atom. The number of aromatic nitrogens is 2. The highest BCUT2D eigenvalue weighted by atomic mass is 32.2. The van der Waals surface area contributed by atoms with E-state index >= 15 is 0 Å². The van der Waals surface area contributed by atoms with E-state index in [4.69, 9.17) is 4.74 Å². The third-order valence-corrected chi connectivity index (χ3v) is 7.28. The minimum atomic E-state index is -3.57. The van der Waals surface area contributed by atoms with Gasteiger partial charge in [-0.15, -0.1) is 0 Å². The smallest absolute Gasteiger partial charge is 0.246 e. The van der Waals surface area contributed by atoms with Crippen LogP contribution in [0, 0.1) is 12.8 Å². The maximum atomic E-state index is 12.8. The number of carbonyl (C=O) groups excluding carboxylic acids is 1. The fourth-order valence-electron chi connectivity index (χ4n) is 3.60. The van der Waals surface area contributed by atoms with Crippen molar-refractivity contribution >= 4 is 15.9 Å². The van der Waals surface area contributed by atoms with Gasteiger partial charge in [0.2, 0.25) is 15.9 Å². The first-order valence-corrected chi connectivity index (χ1v) is 11.2. The lowest BCUT2D eigenvalue weighted by atomic mass is 9.97. The summed E-state index contributed by atoms with van der Waals surface area (Å²) in [5, 5.41) is 7.10. The number of nitrogens with zero attached hydrogens (tertiary/aromatic N) is 3. The number of hydrogen-bond donors (Lipinski definition) is 1. The Balaban J connectivity index is 1.48. The van der Waals surface area contributed by atoms with Crippen molar-refractivity contribution < 1.29 is 17.9 Å². The molecular formula is C20H28N4O4S. The molecular weight excluding hydrogens is 392 g/mol. The summed E-state index contributed by atoms with van der Waals surface area (Å²) in [6.45, 7) is 2.93. The first-order valence-electron chi connectivity index (χ1n) is 9.72. The number of nitrogens with one attached hydrogen (secondary N) is 1. The number of hydrogen-bond acceptors (Lipinski definition) is 5. The summed E-state index contributed by atoms with van der Waals surface area (Å²) in [7, 11) is -0.240. The van der Waals surface area contributed by atoms with E-state index in [1.54, 1.807) is 21.1 Å². The molecule has 2 heterocycles. The monoisotopic (exact) mass is 420 g/mol. The molecule has 9 heteroatoms. The van der Waals surface area contributed by atoms with E-state index in [1.165, 1.54) is 15.2 Å². The molecule has 1 aliphatic heterocycles. The zero-order valence-corrected chi connectivity index (χ0v) is 17.9.